The number of carbonyl (C=O) groups is 2. The zero-order valence-electron chi connectivity index (χ0n) is 15.8. The summed E-state index contributed by atoms with van der Waals surface area (Å²) in [7, 11) is 1.70. The van der Waals surface area contributed by atoms with Gasteiger partial charge in [-0.25, -0.2) is 4.79 Å². The van der Waals surface area contributed by atoms with Gasteiger partial charge in [-0.3, -0.25) is 9.59 Å². The van der Waals surface area contributed by atoms with E-state index in [0.717, 1.165) is 15.8 Å². The first-order valence-corrected chi connectivity index (χ1v) is 10.4. The zero-order valence-corrected chi connectivity index (χ0v) is 17.4. The van der Waals surface area contributed by atoms with E-state index in [1.165, 1.54) is 11.8 Å². The van der Waals surface area contributed by atoms with Crippen LogP contribution in [0, 0.1) is 0 Å². The summed E-state index contributed by atoms with van der Waals surface area (Å²) in [5, 5.41) is 1.44. The van der Waals surface area contributed by atoms with Crippen molar-refractivity contribution in [2.24, 2.45) is 7.05 Å². The molecule has 0 bridgehead atoms. The van der Waals surface area contributed by atoms with Crippen LogP contribution in [0.3, 0.4) is 0 Å². The molecule has 0 aliphatic carbocycles. The van der Waals surface area contributed by atoms with Gasteiger partial charge in [-0.05, 0) is 19.1 Å². The molecule has 1 aliphatic rings. The average molecular weight is 424 g/mol. The van der Waals surface area contributed by atoms with Crippen LogP contribution in [0.25, 0.3) is 10.9 Å². The van der Waals surface area contributed by atoms with Gasteiger partial charge in [0, 0.05) is 54.6 Å². The summed E-state index contributed by atoms with van der Waals surface area (Å²) in [5.74, 6) is 0.209. The molecule has 0 atom stereocenters. The number of aryl methyl sites for hydroxylation is 1. The monoisotopic (exact) mass is 423 g/mol. The van der Waals surface area contributed by atoms with Crippen LogP contribution in [0.15, 0.2) is 34.0 Å². The Morgan fingerprint density at radius 2 is 1.82 bits per heavy atom. The van der Waals surface area contributed by atoms with Crippen LogP contribution in [0.2, 0.25) is 5.02 Å². The second-order valence-corrected chi connectivity index (χ2v) is 7.88. The summed E-state index contributed by atoms with van der Waals surface area (Å²) in [6, 6.07) is 6.93. The highest BCUT2D eigenvalue weighted by Gasteiger charge is 2.25. The second-order valence-electron chi connectivity index (χ2n) is 6.42. The van der Waals surface area contributed by atoms with Gasteiger partial charge in [0.15, 0.2) is 0 Å². The molecule has 0 radical (unpaired) electrons. The quantitative estimate of drug-likeness (QED) is 0.707. The lowest BCUT2D eigenvalue weighted by Crippen LogP contribution is -2.51. The fraction of sp³-hybridized carbons (Fsp3) is 0.421. The van der Waals surface area contributed by atoms with E-state index < -0.39 is 0 Å². The number of thioether (sulfide) groups is 1. The summed E-state index contributed by atoms with van der Waals surface area (Å²) >= 11 is 7.40. The molecule has 2 aromatic rings. The Kier molecular flexibility index (Phi) is 6.51. The van der Waals surface area contributed by atoms with Crippen molar-refractivity contribution in [1.29, 1.82) is 0 Å². The fourth-order valence-electron chi connectivity index (χ4n) is 3.10. The molecule has 0 saturated carbocycles. The number of hydrogen-bond acceptors (Lipinski definition) is 5. The van der Waals surface area contributed by atoms with Crippen LogP contribution in [0.5, 0.6) is 0 Å². The molecule has 3 rings (SSSR count). The Balaban J connectivity index is 1.65. The van der Waals surface area contributed by atoms with Crippen LogP contribution in [-0.2, 0) is 16.6 Å². The molecular formula is C19H22ClN3O4S. The van der Waals surface area contributed by atoms with Gasteiger partial charge in [0.05, 0.1) is 17.9 Å². The highest BCUT2D eigenvalue weighted by atomic mass is 35.5. The molecule has 0 N–H and O–H groups in total. The summed E-state index contributed by atoms with van der Waals surface area (Å²) in [5.41, 5.74) is 0.589. The number of benzene rings is 1. The van der Waals surface area contributed by atoms with Gasteiger partial charge in [0.2, 0.25) is 5.91 Å². The first-order valence-electron chi connectivity index (χ1n) is 9.02. The van der Waals surface area contributed by atoms with Crippen molar-refractivity contribution in [2.75, 3.05) is 38.5 Å². The number of halogens is 1. The Bertz CT molecular complexity index is 954. The van der Waals surface area contributed by atoms with Crippen molar-refractivity contribution in [3.63, 3.8) is 0 Å². The van der Waals surface area contributed by atoms with Crippen LogP contribution < -0.4 is 5.56 Å². The van der Waals surface area contributed by atoms with Crippen LogP contribution >= 0.6 is 23.4 Å². The number of carbonyl (C=O) groups excluding carboxylic acids is 2. The second kappa shape index (κ2) is 8.87. The molecule has 2 heterocycles. The molecule has 1 fully saturated rings. The molecule has 9 heteroatoms. The van der Waals surface area contributed by atoms with Gasteiger partial charge in [0.1, 0.15) is 0 Å². The Morgan fingerprint density at radius 1 is 1.14 bits per heavy atom. The van der Waals surface area contributed by atoms with Crippen molar-refractivity contribution in [3.05, 3.63) is 39.6 Å². The Labute approximate surface area is 172 Å². The number of pyridine rings is 1. The van der Waals surface area contributed by atoms with E-state index in [2.05, 4.69) is 0 Å². The van der Waals surface area contributed by atoms with Crippen LogP contribution in [-0.4, -0.2) is 64.9 Å². The third-order valence-corrected chi connectivity index (χ3v) is 5.96. The molecule has 0 spiro atoms. The predicted molar refractivity (Wildman–Crippen MR) is 110 cm³/mol. The van der Waals surface area contributed by atoms with Crippen LogP contribution in [0.4, 0.5) is 4.79 Å². The molecular weight excluding hydrogens is 402 g/mol. The number of amides is 2. The maximum Gasteiger partial charge on any atom is 0.409 e. The van der Waals surface area contributed by atoms with Gasteiger partial charge in [0.25, 0.3) is 5.56 Å². The van der Waals surface area contributed by atoms with Gasteiger partial charge in [-0.1, -0.05) is 17.7 Å². The van der Waals surface area contributed by atoms with Crippen molar-refractivity contribution in [1.82, 2.24) is 14.4 Å². The third kappa shape index (κ3) is 4.44. The Hall–Kier alpha value is -2.19. The minimum atomic E-state index is -0.339. The summed E-state index contributed by atoms with van der Waals surface area (Å²) in [4.78, 5) is 40.7. The van der Waals surface area contributed by atoms with E-state index in [1.807, 2.05) is 6.07 Å². The fourth-order valence-corrected chi connectivity index (χ4v) is 4.24. The number of rotatable bonds is 4. The van der Waals surface area contributed by atoms with E-state index in [9.17, 15) is 14.4 Å². The minimum absolute atomic E-state index is 0.0173. The predicted octanol–water partition coefficient (Wildman–Crippen LogP) is 2.58. The zero-order chi connectivity index (χ0) is 20.3. The van der Waals surface area contributed by atoms with E-state index in [0.29, 0.717) is 37.8 Å². The SMILES string of the molecule is CCOC(=O)N1CCN(C(=O)CSc2cc(=O)n(C)c3cc(Cl)ccc23)CC1. The van der Waals surface area contributed by atoms with Gasteiger partial charge >= 0.3 is 6.09 Å². The molecule has 7 nitrogen and oxygen atoms in total. The van der Waals surface area contributed by atoms with Crippen molar-refractivity contribution < 1.29 is 14.3 Å². The normalized spacial score (nSPS) is 14.4. The summed E-state index contributed by atoms with van der Waals surface area (Å²) in [6.45, 7) is 3.98. The van der Waals surface area contributed by atoms with E-state index in [4.69, 9.17) is 16.3 Å². The highest BCUT2D eigenvalue weighted by Crippen LogP contribution is 2.28. The lowest BCUT2D eigenvalue weighted by Gasteiger charge is -2.34. The van der Waals surface area contributed by atoms with Gasteiger partial charge in [-0.2, -0.15) is 0 Å². The average Bonchev–Trinajstić information content (AvgIpc) is 2.69. The molecule has 28 heavy (non-hydrogen) atoms. The van der Waals surface area contributed by atoms with Crippen molar-refractivity contribution in [2.45, 2.75) is 11.8 Å². The van der Waals surface area contributed by atoms with E-state index in [-0.39, 0.29) is 23.3 Å². The summed E-state index contributed by atoms with van der Waals surface area (Å²) < 4.78 is 6.53. The molecule has 1 aromatic heterocycles. The lowest BCUT2D eigenvalue weighted by atomic mass is 10.2. The Morgan fingerprint density at radius 3 is 2.50 bits per heavy atom. The maximum atomic E-state index is 12.6. The van der Waals surface area contributed by atoms with Gasteiger partial charge < -0.3 is 19.1 Å². The lowest BCUT2D eigenvalue weighted by molar-refractivity contribution is -0.129. The molecule has 1 saturated heterocycles. The first kappa shape index (κ1) is 20.5. The highest BCUT2D eigenvalue weighted by molar-refractivity contribution is 8.00. The number of aromatic nitrogens is 1. The standard InChI is InChI=1S/C19H22ClN3O4S/c1-3-27-19(26)23-8-6-22(7-9-23)18(25)12-28-16-11-17(24)21(2)15-10-13(20)4-5-14(15)16/h4-5,10-11H,3,6-9,12H2,1-2H3. The number of fused-ring (bicyclic) bond motifs is 1. The number of hydrogen-bond donors (Lipinski definition) is 0. The molecule has 1 aromatic carbocycles. The maximum absolute atomic E-state index is 12.6. The van der Waals surface area contributed by atoms with Gasteiger partial charge in [-0.15, -0.1) is 11.8 Å². The van der Waals surface area contributed by atoms with Crippen molar-refractivity contribution >= 4 is 46.3 Å². The summed E-state index contributed by atoms with van der Waals surface area (Å²) in [6.07, 6.45) is -0.339. The topological polar surface area (TPSA) is 71.8 Å². The molecule has 150 valence electrons. The smallest absolute Gasteiger partial charge is 0.409 e. The van der Waals surface area contributed by atoms with E-state index >= 15 is 0 Å². The largest absolute Gasteiger partial charge is 0.450 e. The number of nitrogens with zero attached hydrogens (tertiary/aromatic N) is 3. The molecule has 2 amide bonds. The number of ether oxygens (including phenoxy) is 1. The first-order chi connectivity index (χ1) is 13.4. The number of piperazine rings is 1. The molecule has 0 unspecified atom stereocenters. The molecule has 1 aliphatic heterocycles. The minimum Gasteiger partial charge on any atom is -0.450 e. The van der Waals surface area contributed by atoms with Crippen LogP contribution in [0.1, 0.15) is 6.92 Å². The van der Waals surface area contributed by atoms with E-state index in [1.54, 1.807) is 46.5 Å². The van der Waals surface area contributed by atoms with Crippen molar-refractivity contribution in [3.8, 4) is 0 Å². The third-order valence-electron chi connectivity index (χ3n) is 4.68.